The van der Waals surface area contributed by atoms with Gasteiger partial charge in [0.05, 0.1) is 5.69 Å². The topological polar surface area (TPSA) is 26.0 Å². The summed E-state index contributed by atoms with van der Waals surface area (Å²) in [6.07, 6.45) is 0.669. The summed E-state index contributed by atoms with van der Waals surface area (Å²) in [5.41, 5.74) is 1.94. The van der Waals surface area contributed by atoms with Crippen molar-refractivity contribution in [1.82, 2.24) is 4.98 Å². The Morgan fingerprint density at radius 2 is 2.00 bits per heavy atom. The second-order valence-electron chi connectivity index (χ2n) is 3.14. The Balaban J connectivity index is 2.43. The van der Waals surface area contributed by atoms with Crippen LogP contribution in [0, 0.1) is 13.8 Å². The van der Waals surface area contributed by atoms with E-state index in [0.717, 1.165) is 17.0 Å². The molecule has 71 valence electrons. The van der Waals surface area contributed by atoms with Crippen LogP contribution in [0.3, 0.4) is 0 Å². The van der Waals surface area contributed by atoms with E-state index in [1.165, 1.54) is 0 Å². The molecule has 0 N–H and O–H groups in total. The fourth-order valence-corrected chi connectivity index (χ4v) is 1.36. The predicted molar refractivity (Wildman–Crippen MR) is 55.7 cm³/mol. The molecular formula is C12H12NO. The second kappa shape index (κ2) is 3.66. The molecule has 0 saturated carbocycles. The average molecular weight is 186 g/mol. The first kappa shape index (κ1) is 9.00. The van der Waals surface area contributed by atoms with Gasteiger partial charge in [0.25, 0.3) is 0 Å². The number of rotatable bonds is 2. The third-order valence-corrected chi connectivity index (χ3v) is 2.15. The highest BCUT2D eigenvalue weighted by Crippen LogP contribution is 2.21. The number of oxazole rings is 1. The third-order valence-electron chi connectivity index (χ3n) is 2.15. The molecule has 1 aromatic heterocycles. The van der Waals surface area contributed by atoms with Gasteiger partial charge in [-0.2, -0.15) is 0 Å². The molecule has 0 fully saturated rings. The standard InChI is InChI=1S/C12H12NO/c1-3-11-9(2)14-12(13-11)10-7-5-4-6-8-10/h4-8H,1,3H2,2H3. The zero-order valence-corrected chi connectivity index (χ0v) is 8.16. The van der Waals surface area contributed by atoms with Crippen LogP contribution in [0.2, 0.25) is 0 Å². The zero-order valence-electron chi connectivity index (χ0n) is 8.16. The number of aromatic nitrogens is 1. The molecule has 0 aliphatic rings. The SMILES string of the molecule is [CH2]Cc1nc(-c2ccccc2)oc1C. The van der Waals surface area contributed by atoms with Crippen LogP contribution < -0.4 is 0 Å². The summed E-state index contributed by atoms with van der Waals surface area (Å²) in [6.45, 7) is 5.72. The Kier molecular flexibility index (Phi) is 2.35. The van der Waals surface area contributed by atoms with Crippen molar-refractivity contribution in [3.05, 3.63) is 48.7 Å². The van der Waals surface area contributed by atoms with Gasteiger partial charge >= 0.3 is 0 Å². The molecule has 0 bridgehead atoms. The highest BCUT2D eigenvalue weighted by molar-refractivity contribution is 5.53. The Hall–Kier alpha value is -1.57. The highest BCUT2D eigenvalue weighted by Gasteiger charge is 2.08. The summed E-state index contributed by atoms with van der Waals surface area (Å²) < 4.78 is 5.54. The van der Waals surface area contributed by atoms with E-state index in [-0.39, 0.29) is 0 Å². The molecule has 0 aliphatic heterocycles. The first-order chi connectivity index (χ1) is 6.81. The molecule has 2 rings (SSSR count). The molecule has 1 aromatic carbocycles. The van der Waals surface area contributed by atoms with Crippen LogP contribution in [0.25, 0.3) is 11.5 Å². The Morgan fingerprint density at radius 3 is 2.57 bits per heavy atom. The zero-order chi connectivity index (χ0) is 9.97. The number of benzene rings is 1. The Labute approximate surface area is 83.6 Å². The molecule has 1 heterocycles. The minimum absolute atomic E-state index is 0.669. The first-order valence-electron chi connectivity index (χ1n) is 4.62. The van der Waals surface area contributed by atoms with E-state index in [0.29, 0.717) is 12.3 Å². The van der Waals surface area contributed by atoms with Gasteiger partial charge < -0.3 is 4.42 Å². The number of nitrogens with zero attached hydrogens (tertiary/aromatic N) is 1. The lowest BCUT2D eigenvalue weighted by Gasteiger charge is -1.91. The molecule has 0 amide bonds. The summed E-state index contributed by atoms with van der Waals surface area (Å²) in [4.78, 5) is 4.37. The Bertz CT molecular complexity index is 417. The Morgan fingerprint density at radius 1 is 1.29 bits per heavy atom. The van der Waals surface area contributed by atoms with Gasteiger partial charge in [-0.15, -0.1) is 0 Å². The lowest BCUT2D eigenvalue weighted by molar-refractivity contribution is 0.540. The van der Waals surface area contributed by atoms with Crippen molar-refractivity contribution in [2.45, 2.75) is 13.3 Å². The van der Waals surface area contributed by atoms with Gasteiger partial charge in [-0.1, -0.05) is 18.2 Å². The van der Waals surface area contributed by atoms with Crippen LogP contribution in [0.15, 0.2) is 34.7 Å². The van der Waals surface area contributed by atoms with E-state index in [2.05, 4.69) is 11.9 Å². The minimum Gasteiger partial charge on any atom is -0.441 e. The van der Waals surface area contributed by atoms with Crippen LogP contribution >= 0.6 is 0 Å². The van der Waals surface area contributed by atoms with Crippen LogP contribution in [-0.4, -0.2) is 4.98 Å². The maximum Gasteiger partial charge on any atom is 0.226 e. The predicted octanol–water partition coefficient (Wildman–Crippen LogP) is 3.03. The van der Waals surface area contributed by atoms with E-state index >= 15 is 0 Å². The number of hydrogen-bond acceptors (Lipinski definition) is 2. The van der Waals surface area contributed by atoms with Gasteiger partial charge in [-0.25, -0.2) is 4.98 Å². The van der Waals surface area contributed by atoms with Crippen LogP contribution in [0.5, 0.6) is 0 Å². The smallest absolute Gasteiger partial charge is 0.226 e. The molecule has 0 aliphatic carbocycles. The molecular weight excluding hydrogens is 174 g/mol. The van der Waals surface area contributed by atoms with Crippen molar-refractivity contribution in [3.63, 3.8) is 0 Å². The second-order valence-corrected chi connectivity index (χ2v) is 3.14. The molecule has 0 atom stereocenters. The quantitative estimate of drug-likeness (QED) is 0.720. The number of hydrogen-bond donors (Lipinski definition) is 0. The van der Waals surface area contributed by atoms with Crippen molar-refractivity contribution in [1.29, 1.82) is 0 Å². The largest absolute Gasteiger partial charge is 0.441 e. The normalized spacial score (nSPS) is 10.4. The summed E-state index contributed by atoms with van der Waals surface area (Å²) >= 11 is 0. The average Bonchev–Trinajstić information content (AvgIpc) is 2.61. The van der Waals surface area contributed by atoms with Crippen molar-refractivity contribution < 1.29 is 4.42 Å². The molecule has 14 heavy (non-hydrogen) atoms. The molecule has 2 aromatic rings. The summed E-state index contributed by atoms with van der Waals surface area (Å²) in [7, 11) is 0. The van der Waals surface area contributed by atoms with Crippen molar-refractivity contribution in [2.75, 3.05) is 0 Å². The maximum atomic E-state index is 5.54. The highest BCUT2D eigenvalue weighted by atomic mass is 16.4. The van der Waals surface area contributed by atoms with Crippen LogP contribution in [-0.2, 0) is 6.42 Å². The van der Waals surface area contributed by atoms with E-state index in [1.807, 2.05) is 37.3 Å². The fraction of sp³-hybridized carbons (Fsp3) is 0.167. The van der Waals surface area contributed by atoms with Gasteiger partial charge in [-0.3, -0.25) is 0 Å². The molecule has 1 radical (unpaired) electrons. The lowest BCUT2D eigenvalue weighted by Crippen LogP contribution is -1.82. The molecule has 0 spiro atoms. The monoisotopic (exact) mass is 186 g/mol. The van der Waals surface area contributed by atoms with Gasteiger partial charge in [0.1, 0.15) is 5.76 Å². The van der Waals surface area contributed by atoms with Crippen molar-refractivity contribution in [3.8, 4) is 11.5 Å². The van der Waals surface area contributed by atoms with E-state index in [4.69, 9.17) is 4.42 Å². The molecule has 0 unspecified atom stereocenters. The number of aryl methyl sites for hydroxylation is 1. The van der Waals surface area contributed by atoms with E-state index in [9.17, 15) is 0 Å². The summed E-state index contributed by atoms with van der Waals surface area (Å²) in [5.74, 6) is 1.54. The third kappa shape index (κ3) is 1.55. The van der Waals surface area contributed by atoms with Gasteiger partial charge in [0, 0.05) is 5.56 Å². The van der Waals surface area contributed by atoms with Gasteiger partial charge in [0.15, 0.2) is 0 Å². The molecule has 0 saturated heterocycles. The van der Waals surface area contributed by atoms with Crippen molar-refractivity contribution in [2.24, 2.45) is 0 Å². The molecule has 2 heteroatoms. The van der Waals surface area contributed by atoms with E-state index in [1.54, 1.807) is 0 Å². The fourth-order valence-electron chi connectivity index (χ4n) is 1.36. The van der Waals surface area contributed by atoms with E-state index < -0.39 is 0 Å². The summed E-state index contributed by atoms with van der Waals surface area (Å²) in [5, 5.41) is 0. The van der Waals surface area contributed by atoms with Crippen molar-refractivity contribution >= 4 is 0 Å². The first-order valence-corrected chi connectivity index (χ1v) is 4.62. The maximum absolute atomic E-state index is 5.54. The lowest BCUT2D eigenvalue weighted by atomic mass is 10.2. The van der Waals surface area contributed by atoms with Gasteiger partial charge in [-0.05, 0) is 32.4 Å². The molecule has 2 nitrogen and oxygen atoms in total. The summed E-state index contributed by atoms with van der Waals surface area (Å²) in [6, 6.07) is 9.88. The van der Waals surface area contributed by atoms with Crippen LogP contribution in [0.1, 0.15) is 11.5 Å². The van der Waals surface area contributed by atoms with Gasteiger partial charge in [0.2, 0.25) is 5.89 Å². The minimum atomic E-state index is 0.669. The van der Waals surface area contributed by atoms with Crippen LogP contribution in [0.4, 0.5) is 0 Å².